The first-order valence-electron chi connectivity index (χ1n) is 8.92. The Kier molecular flexibility index (Phi) is 4.81. The van der Waals surface area contributed by atoms with E-state index in [2.05, 4.69) is 5.43 Å². The van der Waals surface area contributed by atoms with E-state index in [4.69, 9.17) is 4.74 Å². The van der Waals surface area contributed by atoms with Crippen LogP contribution >= 0.6 is 0 Å². The highest BCUT2D eigenvalue weighted by Crippen LogP contribution is 2.32. The maximum Gasteiger partial charge on any atom is 0.273 e. The summed E-state index contributed by atoms with van der Waals surface area (Å²) in [6.45, 7) is 0. The molecule has 0 bridgehead atoms. The van der Waals surface area contributed by atoms with E-state index in [0.717, 1.165) is 22.6 Å². The van der Waals surface area contributed by atoms with Gasteiger partial charge in [0.15, 0.2) is 0 Å². The van der Waals surface area contributed by atoms with E-state index in [1.165, 1.54) is 24.3 Å². The van der Waals surface area contributed by atoms with Gasteiger partial charge >= 0.3 is 0 Å². The summed E-state index contributed by atoms with van der Waals surface area (Å²) < 4.78 is 18.5. The number of ether oxygens (including phenoxy) is 1. The summed E-state index contributed by atoms with van der Waals surface area (Å²) in [5, 5.41) is 1.57. The van der Waals surface area contributed by atoms with E-state index in [1.807, 2.05) is 60.7 Å². The molecule has 1 atom stereocenters. The number of nitrogens with zero attached hydrogens (tertiary/aromatic N) is 1. The zero-order valence-electron chi connectivity index (χ0n) is 15.3. The Hall–Kier alpha value is -3.60. The molecule has 0 aliphatic carbocycles. The SMILES string of the molecule is COc1ccc(C2=C[C@@H](c3ccccc3)N(C(=O)c3ccc(F)cc3)N2)cc1. The number of methoxy groups -OCH3 is 1. The summed E-state index contributed by atoms with van der Waals surface area (Å²) in [6, 6.07) is 22.7. The molecule has 5 heteroatoms. The molecule has 28 heavy (non-hydrogen) atoms. The molecule has 4 rings (SSSR count). The van der Waals surface area contributed by atoms with Crippen molar-refractivity contribution < 1.29 is 13.9 Å². The minimum atomic E-state index is -0.373. The quantitative estimate of drug-likeness (QED) is 0.727. The minimum absolute atomic E-state index is 0.228. The second-order valence-corrected chi connectivity index (χ2v) is 6.46. The van der Waals surface area contributed by atoms with Crippen molar-refractivity contribution >= 4 is 11.6 Å². The van der Waals surface area contributed by atoms with Crippen molar-refractivity contribution in [2.75, 3.05) is 7.11 Å². The number of carbonyl (C=O) groups excluding carboxylic acids is 1. The standard InChI is InChI=1S/C23H19FN2O2/c1-28-20-13-9-16(10-14-20)21-15-22(17-5-3-2-4-6-17)26(25-21)23(27)18-7-11-19(24)12-8-18/h2-15,22,25H,1H3/t22-/m0/s1. The first kappa shape index (κ1) is 17.8. The van der Waals surface area contributed by atoms with Crippen molar-refractivity contribution in [2.24, 2.45) is 0 Å². The monoisotopic (exact) mass is 374 g/mol. The van der Waals surface area contributed by atoms with E-state index < -0.39 is 0 Å². The zero-order chi connectivity index (χ0) is 19.5. The van der Waals surface area contributed by atoms with Crippen LogP contribution in [-0.4, -0.2) is 18.0 Å². The Morgan fingerprint density at radius 1 is 0.964 bits per heavy atom. The largest absolute Gasteiger partial charge is 0.497 e. The predicted molar refractivity (Wildman–Crippen MR) is 106 cm³/mol. The number of rotatable bonds is 4. The van der Waals surface area contributed by atoms with Crippen LogP contribution < -0.4 is 10.2 Å². The minimum Gasteiger partial charge on any atom is -0.497 e. The normalized spacial score (nSPS) is 15.7. The van der Waals surface area contributed by atoms with Gasteiger partial charge in [0.25, 0.3) is 5.91 Å². The molecule has 0 aromatic heterocycles. The molecule has 0 saturated heterocycles. The summed E-state index contributed by atoms with van der Waals surface area (Å²) in [6.07, 6.45) is 2.01. The van der Waals surface area contributed by atoms with Crippen LogP contribution in [0.1, 0.15) is 27.5 Å². The lowest BCUT2D eigenvalue weighted by Gasteiger charge is -2.25. The summed E-state index contributed by atoms with van der Waals surface area (Å²) in [4.78, 5) is 13.1. The molecule has 140 valence electrons. The average molecular weight is 374 g/mol. The van der Waals surface area contributed by atoms with Crippen LogP contribution in [0.3, 0.4) is 0 Å². The first-order valence-corrected chi connectivity index (χ1v) is 8.92. The number of nitrogens with one attached hydrogen (secondary N) is 1. The lowest BCUT2D eigenvalue weighted by Crippen LogP contribution is -2.39. The number of carbonyl (C=O) groups is 1. The summed E-state index contributed by atoms with van der Waals surface area (Å²) in [5.74, 6) is 0.164. The highest BCUT2D eigenvalue weighted by atomic mass is 19.1. The van der Waals surface area contributed by atoms with Gasteiger partial charge < -0.3 is 4.74 Å². The van der Waals surface area contributed by atoms with Gasteiger partial charge in [0, 0.05) is 5.56 Å². The molecule has 0 spiro atoms. The molecule has 3 aromatic carbocycles. The van der Waals surface area contributed by atoms with Crippen LogP contribution in [0, 0.1) is 5.82 Å². The van der Waals surface area contributed by atoms with Crippen molar-refractivity contribution in [3.8, 4) is 5.75 Å². The van der Waals surface area contributed by atoms with Crippen molar-refractivity contribution in [1.82, 2.24) is 10.4 Å². The smallest absolute Gasteiger partial charge is 0.273 e. The first-order chi connectivity index (χ1) is 13.7. The van der Waals surface area contributed by atoms with Gasteiger partial charge in [-0.1, -0.05) is 30.3 Å². The molecular formula is C23H19FN2O2. The molecule has 1 aliphatic rings. The van der Waals surface area contributed by atoms with Crippen LogP contribution in [-0.2, 0) is 0 Å². The van der Waals surface area contributed by atoms with E-state index in [9.17, 15) is 9.18 Å². The number of halogens is 1. The Balaban J connectivity index is 1.69. The highest BCUT2D eigenvalue weighted by Gasteiger charge is 2.31. The van der Waals surface area contributed by atoms with Gasteiger partial charge in [-0.25, -0.2) is 9.40 Å². The molecule has 1 aliphatic heterocycles. The lowest BCUT2D eigenvalue weighted by atomic mass is 10.0. The van der Waals surface area contributed by atoms with E-state index in [-0.39, 0.29) is 17.8 Å². The van der Waals surface area contributed by atoms with Crippen molar-refractivity contribution in [3.05, 3.63) is 107 Å². The third kappa shape index (κ3) is 3.47. The molecule has 0 radical (unpaired) electrons. The fraction of sp³-hybridized carbons (Fsp3) is 0.0870. The Bertz CT molecular complexity index is 999. The van der Waals surface area contributed by atoms with Crippen molar-refractivity contribution in [1.29, 1.82) is 0 Å². The molecule has 4 nitrogen and oxygen atoms in total. The van der Waals surface area contributed by atoms with Gasteiger partial charge in [-0.3, -0.25) is 10.2 Å². The number of hydrogen-bond acceptors (Lipinski definition) is 3. The van der Waals surface area contributed by atoms with Crippen LogP contribution in [0.2, 0.25) is 0 Å². The van der Waals surface area contributed by atoms with Gasteiger partial charge in [0.1, 0.15) is 11.6 Å². The maximum absolute atomic E-state index is 13.3. The molecule has 1 amide bonds. The molecule has 0 saturated carbocycles. The van der Waals surface area contributed by atoms with Crippen molar-refractivity contribution in [2.45, 2.75) is 6.04 Å². The topological polar surface area (TPSA) is 41.6 Å². The molecular weight excluding hydrogens is 355 g/mol. The van der Waals surface area contributed by atoms with Gasteiger partial charge in [-0.2, -0.15) is 0 Å². The lowest BCUT2D eigenvalue weighted by molar-refractivity contribution is 0.0672. The molecule has 0 unspecified atom stereocenters. The Morgan fingerprint density at radius 3 is 2.29 bits per heavy atom. The molecule has 0 fully saturated rings. The number of amides is 1. The van der Waals surface area contributed by atoms with Crippen LogP contribution in [0.5, 0.6) is 5.75 Å². The van der Waals surface area contributed by atoms with Gasteiger partial charge in [-0.15, -0.1) is 0 Å². The highest BCUT2D eigenvalue weighted by molar-refractivity contribution is 5.95. The average Bonchev–Trinajstić information content (AvgIpc) is 3.20. The molecule has 3 aromatic rings. The number of hydrazine groups is 1. The second kappa shape index (κ2) is 7.56. The van der Waals surface area contributed by atoms with E-state index in [1.54, 1.807) is 12.1 Å². The molecule has 1 heterocycles. The van der Waals surface area contributed by atoms with Crippen molar-refractivity contribution in [3.63, 3.8) is 0 Å². The maximum atomic E-state index is 13.3. The summed E-state index contributed by atoms with van der Waals surface area (Å²) >= 11 is 0. The predicted octanol–water partition coefficient (Wildman–Crippen LogP) is 4.58. The van der Waals surface area contributed by atoms with E-state index in [0.29, 0.717) is 5.56 Å². The fourth-order valence-electron chi connectivity index (χ4n) is 3.20. The Morgan fingerprint density at radius 2 is 1.64 bits per heavy atom. The second-order valence-electron chi connectivity index (χ2n) is 6.46. The number of benzene rings is 3. The van der Waals surface area contributed by atoms with Gasteiger partial charge in [0.2, 0.25) is 0 Å². The van der Waals surface area contributed by atoms with E-state index >= 15 is 0 Å². The summed E-state index contributed by atoms with van der Waals surface area (Å²) in [5.41, 5.74) is 6.38. The fourth-order valence-corrected chi connectivity index (χ4v) is 3.20. The Labute approximate surface area is 162 Å². The third-order valence-electron chi connectivity index (χ3n) is 4.70. The van der Waals surface area contributed by atoms with Crippen LogP contribution in [0.15, 0.2) is 84.9 Å². The molecule has 1 N–H and O–H groups in total. The number of hydrogen-bond donors (Lipinski definition) is 1. The van der Waals surface area contributed by atoms with Crippen LogP contribution in [0.25, 0.3) is 5.70 Å². The van der Waals surface area contributed by atoms with Gasteiger partial charge in [0.05, 0.1) is 18.8 Å². The third-order valence-corrected chi connectivity index (χ3v) is 4.70. The summed E-state index contributed by atoms with van der Waals surface area (Å²) in [7, 11) is 1.62. The van der Waals surface area contributed by atoms with Gasteiger partial charge in [-0.05, 0) is 65.7 Å². The zero-order valence-corrected chi connectivity index (χ0v) is 15.3. The van der Waals surface area contributed by atoms with Crippen LogP contribution in [0.4, 0.5) is 4.39 Å².